The number of hydrogen-bond acceptors (Lipinski definition) is 5. The molecule has 2 aromatic rings. The molecule has 0 fully saturated rings. The van der Waals surface area contributed by atoms with E-state index in [1.165, 1.54) is 18.3 Å². The molecule has 0 aliphatic carbocycles. The molecule has 0 aliphatic heterocycles. The van der Waals surface area contributed by atoms with Gasteiger partial charge in [0, 0.05) is 17.8 Å². The molecule has 0 spiro atoms. The number of hydrogen-bond donors (Lipinski definition) is 2. The molecule has 0 saturated heterocycles. The van der Waals surface area contributed by atoms with E-state index in [0.29, 0.717) is 5.16 Å². The molecule has 19 heavy (non-hydrogen) atoms. The van der Waals surface area contributed by atoms with E-state index >= 15 is 0 Å². The molecule has 2 rings (SSSR count). The molecule has 0 unspecified atom stereocenters. The van der Waals surface area contributed by atoms with E-state index in [9.17, 15) is 14.0 Å². The first-order chi connectivity index (χ1) is 9.06. The van der Waals surface area contributed by atoms with Gasteiger partial charge in [-0.15, -0.1) is 0 Å². The summed E-state index contributed by atoms with van der Waals surface area (Å²) in [6.45, 7) is 0. The molecule has 0 aliphatic rings. The summed E-state index contributed by atoms with van der Waals surface area (Å²) >= 11 is 1.05. The predicted octanol–water partition coefficient (Wildman–Crippen LogP) is 1.59. The van der Waals surface area contributed by atoms with Crippen LogP contribution in [-0.4, -0.2) is 26.6 Å². The van der Waals surface area contributed by atoms with Crippen molar-refractivity contribution < 1.29 is 14.3 Å². The average molecular weight is 280 g/mol. The second-order valence-corrected chi connectivity index (χ2v) is 4.58. The number of nitrogens with zero attached hydrogens (tertiary/aromatic N) is 1. The van der Waals surface area contributed by atoms with Crippen LogP contribution in [0.5, 0.6) is 5.75 Å². The summed E-state index contributed by atoms with van der Waals surface area (Å²) in [5.74, 6) is -1.66. The lowest BCUT2D eigenvalue weighted by atomic mass is 10.1. The Labute approximate surface area is 111 Å². The van der Waals surface area contributed by atoms with Crippen LogP contribution in [-0.2, 0) is 0 Å². The second kappa shape index (κ2) is 5.66. The van der Waals surface area contributed by atoms with Gasteiger partial charge >= 0.3 is 0 Å². The Morgan fingerprint density at radius 3 is 2.89 bits per heavy atom. The molecule has 1 aromatic heterocycles. The minimum absolute atomic E-state index is 0.0111. The van der Waals surface area contributed by atoms with E-state index in [1.54, 1.807) is 0 Å². The molecule has 98 valence electrons. The summed E-state index contributed by atoms with van der Waals surface area (Å²) in [5.41, 5.74) is -0.151. The number of phenols is 1. The van der Waals surface area contributed by atoms with Crippen molar-refractivity contribution >= 4 is 17.5 Å². The van der Waals surface area contributed by atoms with Crippen molar-refractivity contribution in [2.24, 2.45) is 0 Å². The molecule has 0 saturated carbocycles. The van der Waals surface area contributed by atoms with Gasteiger partial charge in [0.05, 0.1) is 5.75 Å². The van der Waals surface area contributed by atoms with Crippen LogP contribution in [0.1, 0.15) is 10.4 Å². The smallest absolute Gasteiger partial charge is 0.251 e. The summed E-state index contributed by atoms with van der Waals surface area (Å²) in [4.78, 5) is 29.1. The fraction of sp³-hybridized carbons (Fsp3) is 0.0833. The third kappa shape index (κ3) is 3.41. The Morgan fingerprint density at radius 2 is 2.21 bits per heavy atom. The van der Waals surface area contributed by atoms with Crippen LogP contribution in [0.15, 0.2) is 40.4 Å². The summed E-state index contributed by atoms with van der Waals surface area (Å²) < 4.78 is 13.1. The standard InChI is InChI=1S/C12H9FN2O3S/c13-8-5-7(1-2-9(8)16)10(17)6-19-12-14-4-3-11(18)15-12/h1-5,16H,6H2,(H,14,15,18). The molecule has 0 atom stereocenters. The quantitative estimate of drug-likeness (QED) is 0.505. The molecule has 1 heterocycles. The Kier molecular flexibility index (Phi) is 3.96. The van der Waals surface area contributed by atoms with Crippen molar-refractivity contribution in [3.8, 4) is 5.75 Å². The molecule has 0 amide bonds. The SMILES string of the molecule is O=C(CSc1nccc(=O)[nH]1)c1ccc(O)c(F)c1. The molecule has 1 aromatic carbocycles. The van der Waals surface area contributed by atoms with Crippen LogP contribution in [0.4, 0.5) is 4.39 Å². The second-order valence-electron chi connectivity index (χ2n) is 3.62. The van der Waals surface area contributed by atoms with Crippen LogP contribution >= 0.6 is 11.8 Å². The number of rotatable bonds is 4. The van der Waals surface area contributed by atoms with Crippen LogP contribution in [0, 0.1) is 5.82 Å². The number of nitrogens with one attached hydrogen (secondary N) is 1. The summed E-state index contributed by atoms with van der Waals surface area (Å²) in [6.07, 6.45) is 1.34. The van der Waals surface area contributed by atoms with E-state index in [1.807, 2.05) is 0 Å². The van der Waals surface area contributed by atoms with Crippen molar-refractivity contribution in [1.82, 2.24) is 9.97 Å². The Morgan fingerprint density at radius 1 is 1.42 bits per heavy atom. The normalized spacial score (nSPS) is 10.4. The highest BCUT2D eigenvalue weighted by atomic mass is 32.2. The Balaban J connectivity index is 2.05. The topological polar surface area (TPSA) is 83.0 Å². The average Bonchev–Trinajstić information content (AvgIpc) is 2.39. The number of carbonyl (C=O) groups excluding carboxylic acids is 1. The molecule has 5 nitrogen and oxygen atoms in total. The fourth-order valence-corrected chi connectivity index (χ4v) is 2.07. The van der Waals surface area contributed by atoms with Crippen LogP contribution in [0.3, 0.4) is 0 Å². The molecule has 0 bridgehead atoms. The van der Waals surface area contributed by atoms with Crippen LogP contribution < -0.4 is 5.56 Å². The van der Waals surface area contributed by atoms with Gasteiger partial charge in [-0.05, 0) is 18.2 Å². The number of thioether (sulfide) groups is 1. The number of carbonyl (C=O) groups is 1. The van der Waals surface area contributed by atoms with Gasteiger partial charge in [-0.1, -0.05) is 11.8 Å². The van der Waals surface area contributed by atoms with Gasteiger partial charge in [-0.3, -0.25) is 9.59 Å². The minimum Gasteiger partial charge on any atom is -0.505 e. The fourth-order valence-electron chi connectivity index (χ4n) is 1.32. The van der Waals surface area contributed by atoms with Gasteiger partial charge in [0.15, 0.2) is 22.5 Å². The zero-order chi connectivity index (χ0) is 13.8. The number of halogens is 1. The van der Waals surface area contributed by atoms with E-state index < -0.39 is 11.6 Å². The summed E-state index contributed by atoms with van der Waals surface area (Å²) in [6, 6.07) is 4.69. The maximum Gasteiger partial charge on any atom is 0.251 e. The van der Waals surface area contributed by atoms with Crippen molar-refractivity contribution in [2.45, 2.75) is 5.16 Å². The van der Waals surface area contributed by atoms with Gasteiger partial charge < -0.3 is 10.1 Å². The van der Waals surface area contributed by atoms with Crippen molar-refractivity contribution in [2.75, 3.05) is 5.75 Å². The van der Waals surface area contributed by atoms with Crippen LogP contribution in [0.25, 0.3) is 0 Å². The number of aromatic amines is 1. The van der Waals surface area contributed by atoms with E-state index in [-0.39, 0.29) is 22.7 Å². The number of benzene rings is 1. The third-order valence-corrected chi connectivity index (χ3v) is 3.14. The lowest BCUT2D eigenvalue weighted by Crippen LogP contribution is -2.08. The predicted molar refractivity (Wildman–Crippen MR) is 68.0 cm³/mol. The number of Topliss-reactive ketones (excluding diaryl/α,β-unsaturated/α-hetero) is 1. The molecular formula is C12H9FN2O3S. The lowest BCUT2D eigenvalue weighted by Gasteiger charge is -2.02. The first-order valence-corrected chi connectivity index (χ1v) is 6.24. The van der Waals surface area contributed by atoms with Gasteiger partial charge in [0.2, 0.25) is 0 Å². The van der Waals surface area contributed by atoms with Crippen molar-refractivity contribution in [3.05, 3.63) is 52.2 Å². The Hall–Kier alpha value is -2.15. The van der Waals surface area contributed by atoms with Crippen LogP contribution in [0.2, 0.25) is 0 Å². The van der Waals surface area contributed by atoms with Gasteiger partial charge in [0.25, 0.3) is 5.56 Å². The summed E-state index contributed by atoms with van der Waals surface area (Å²) in [5, 5.41) is 9.34. The molecule has 0 radical (unpaired) electrons. The molecule has 2 N–H and O–H groups in total. The van der Waals surface area contributed by atoms with E-state index in [2.05, 4.69) is 9.97 Å². The zero-order valence-corrected chi connectivity index (χ0v) is 10.4. The third-order valence-electron chi connectivity index (χ3n) is 2.26. The van der Waals surface area contributed by atoms with E-state index in [0.717, 1.165) is 23.9 Å². The first kappa shape index (κ1) is 13.3. The van der Waals surface area contributed by atoms with Crippen molar-refractivity contribution in [3.63, 3.8) is 0 Å². The van der Waals surface area contributed by atoms with Gasteiger partial charge in [0.1, 0.15) is 0 Å². The highest BCUT2D eigenvalue weighted by molar-refractivity contribution is 7.99. The number of H-pyrrole nitrogens is 1. The van der Waals surface area contributed by atoms with Gasteiger partial charge in [-0.2, -0.15) is 0 Å². The monoisotopic (exact) mass is 280 g/mol. The summed E-state index contributed by atoms with van der Waals surface area (Å²) in [7, 11) is 0. The maximum absolute atomic E-state index is 13.1. The number of ketones is 1. The van der Waals surface area contributed by atoms with Crippen molar-refractivity contribution in [1.29, 1.82) is 0 Å². The highest BCUT2D eigenvalue weighted by Crippen LogP contribution is 2.18. The molecule has 7 heteroatoms. The highest BCUT2D eigenvalue weighted by Gasteiger charge is 2.10. The Bertz CT molecular complexity index is 672. The maximum atomic E-state index is 13.1. The van der Waals surface area contributed by atoms with E-state index in [4.69, 9.17) is 5.11 Å². The number of phenolic OH excluding ortho intramolecular Hbond substituents is 1. The largest absolute Gasteiger partial charge is 0.505 e. The zero-order valence-electron chi connectivity index (χ0n) is 9.59. The van der Waals surface area contributed by atoms with Gasteiger partial charge in [-0.25, -0.2) is 9.37 Å². The number of aromatic hydroxyl groups is 1. The lowest BCUT2D eigenvalue weighted by molar-refractivity contribution is 0.102. The number of aromatic nitrogens is 2. The molecular weight excluding hydrogens is 271 g/mol. The minimum atomic E-state index is -0.845. The first-order valence-electron chi connectivity index (χ1n) is 5.26.